The molecular formula is C16H26N2S. The van der Waals surface area contributed by atoms with Crippen LogP contribution in [0.1, 0.15) is 51.6 Å². The maximum Gasteiger partial charge on any atom is 0.101 e. The molecule has 1 aliphatic heterocycles. The van der Waals surface area contributed by atoms with Gasteiger partial charge >= 0.3 is 0 Å². The van der Waals surface area contributed by atoms with Crippen molar-refractivity contribution in [2.45, 2.75) is 51.1 Å². The fourth-order valence-corrected chi connectivity index (χ4v) is 3.72. The lowest BCUT2D eigenvalue weighted by atomic mass is 9.95. The molecule has 2 rings (SSSR count). The lowest BCUT2D eigenvalue weighted by Gasteiger charge is -2.37. The Kier molecular flexibility index (Phi) is 5.71. The molecule has 3 heteroatoms. The summed E-state index contributed by atoms with van der Waals surface area (Å²) in [5, 5.41) is 1.24. The second kappa shape index (κ2) is 7.30. The molecule has 2 heterocycles. The molecule has 1 aromatic heterocycles. The van der Waals surface area contributed by atoms with Crippen LogP contribution >= 0.6 is 11.8 Å². The Hall–Kier alpha value is -0.540. The van der Waals surface area contributed by atoms with Gasteiger partial charge in [-0.2, -0.15) is 0 Å². The first-order valence-corrected chi connectivity index (χ1v) is 8.52. The zero-order valence-corrected chi connectivity index (χ0v) is 13.2. The smallest absolute Gasteiger partial charge is 0.101 e. The first-order valence-electron chi connectivity index (χ1n) is 7.54. The van der Waals surface area contributed by atoms with Crippen molar-refractivity contribution in [1.29, 1.82) is 0 Å². The van der Waals surface area contributed by atoms with Gasteiger partial charge in [-0.25, -0.2) is 4.98 Å². The molecule has 1 atom stereocenters. The van der Waals surface area contributed by atoms with Gasteiger partial charge in [0.1, 0.15) is 5.03 Å². The van der Waals surface area contributed by atoms with Gasteiger partial charge < -0.3 is 0 Å². The van der Waals surface area contributed by atoms with Gasteiger partial charge in [-0.1, -0.05) is 33.3 Å². The molecule has 106 valence electrons. The van der Waals surface area contributed by atoms with Gasteiger partial charge in [0.2, 0.25) is 0 Å². The van der Waals surface area contributed by atoms with E-state index in [4.69, 9.17) is 0 Å². The van der Waals surface area contributed by atoms with E-state index >= 15 is 0 Å². The van der Waals surface area contributed by atoms with Crippen molar-refractivity contribution in [2.75, 3.05) is 18.8 Å². The Morgan fingerprint density at radius 1 is 1.42 bits per heavy atom. The highest BCUT2D eigenvalue weighted by Crippen LogP contribution is 2.35. The molecule has 19 heavy (non-hydrogen) atoms. The molecule has 0 amide bonds. The molecule has 0 spiro atoms. The molecule has 0 N–H and O–H groups in total. The number of thioether (sulfide) groups is 1. The van der Waals surface area contributed by atoms with Gasteiger partial charge in [0.15, 0.2) is 0 Å². The fraction of sp³-hybridized carbons (Fsp3) is 0.688. The Balaban J connectivity index is 2.21. The number of piperidine rings is 1. The fourth-order valence-electron chi connectivity index (χ4n) is 2.94. The molecule has 0 unspecified atom stereocenters. The van der Waals surface area contributed by atoms with Crippen LogP contribution in [0.2, 0.25) is 0 Å². The van der Waals surface area contributed by atoms with E-state index in [0.717, 1.165) is 11.7 Å². The molecule has 2 nitrogen and oxygen atoms in total. The van der Waals surface area contributed by atoms with Crippen molar-refractivity contribution < 1.29 is 0 Å². The van der Waals surface area contributed by atoms with Crippen molar-refractivity contribution in [3.8, 4) is 0 Å². The highest BCUT2D eigenvalue weighted by molar-refractivity contribution is 7.99. The van der Waals surface area contributed by atoms with Gasteiger partial charge in [0, 0.05) is 24.3 Å². The van der Waals surface area contributed by atoms with Crippen LogP contribution in [0.4, 0.5) is 0 Å². The van der Waals surface area contributed by atoms with Crippen LogP contribution in [-0.4, -0.2) is 28.7 Å². The van der Waals surface area contributed by atoms with E-state index in [1.807, 2.05) is 18.0 Å². The minimum Gasteiger partial charge on any atom is -0.296 e. The van der Waals surface area contributed by atoms with Crippen LogP contribution in [-0.2, 0) is 0 Å². The second-order valence-corrected chi connectivity index (χ2v) is 6.98. The number of hydrogen-bond donors (Lipinski definition) is 0. The quantitative estimate of drug-likeness (QED) is 0.744. The van der Waals surface area contributed by atoms with Crippen LogP contribution < -0.4 is 0 Å². The molecule has 0 aromatic carbocycles. The lowest BCUT2D eigenvalue weighted by molar-refractivity contribution is 0.130. The Labute approximate surface area is 122 Å². The predicted molar refractivity (Wildman–Crippen MR) is 83.6 cm³/mol. The minimum absolute atomic E-state index is 0.582. The van der Waals surface area contributed by atoms with Gasteiger partial charge in [-0.3, -0.25) is 4.90 Å². The number of aromatic nitrogens is 1. The van der Waals surface area contributed by atoms with Crippen molar-refractivity contribution in [2.24, 2.45) is 5.92 Å². The van der Waals surface area contributed by atoms with Crippen LogP contribution in [0.3, 0.4) is 0 Å². The predicted octanol–water partition coefficient (Wildman–Crippen LogP) is 4.38. The molecule has 0 bridgehead atoms. The molecule has 0 aliphatic carbocycles. The maximum atomic E-state index is 4.59. The number of rotatable bonds is 5. The largest absolute Gasteiger partial charge is 0.296 e. The van der Waals surface area contributed by atoms with E-state index in [1.165, 1.54) is 42.9 Å². The summed E-state index contributed by atoms with van der Waals surface area (Å²) in [6, 6.07) is 4.96. The Bertz CT molecular complexity index is 392. The zero-order valence-electron chi connectivity index (χ0n) is 12.4. The van der Waals surface area contributed by atoms with E-state index in [2.05, 4.69) is 42.8 Å². The SMILES string of the molecule is CCSc1ncccc1[C@H]1CCCCN1CC(C)C. The first kappa shape index (κ1) is 14.9. The summed E-state index contributed by atoms with van der Waals surface area (Å²) in [7, 11) is 0. The summed E-state index contributed by atoms with van der Waals surface area (Å²) in [4.78, 5) is 7.27. The average Bonchev–Trinajstić information content (AvgIpc) is 2.40. The molecule has 1 saturated heterocycles. The number of pyridine rings is 1. The topological polar surface area (TPSA) is 16.1 Å². The molecule has 0 radical (unpaired) electrons. The molecule has 1 fully saturated rings. The van der Waals surface area contributed by atoms with Crippen LogP contribution in [0, 0.1) is 5.92 Å². The Morgan fingerprint density at radius 2 is 2.26 bits per heavy atom. The Morgan fingerprint density at radius 3 is 3.00 bits per heavy atom. The van der Waals surface area contributed by atoms with Crippen molar-refractivity contribution in [3.05, 3.63) is 23.9 Å². The minimum atomic E-state index is 0.582. The summed E-state index contributed by atoms with van der Waals surface area (Å²) in [5.41, 5.74) is 1.45. The lowest BCUT2D eigenvalue weighted by Crippen LogP contribution is -2.36. The zero-order chi connectivity index (χ0) is 13.7. The standard InChI is InChI=1S/C16H26N2S/c1-4-19-16-14(8-7-10-17-16)15-9-5-6-11-18(15)12-13(2)3/h7-8,10,13,15H,4-6,9,11-12H2,1-3H3/t15-/m1/s1. The third-order valence-electron chi connectivity index (χ3n) is 3.65. The van der Waals surface area contributed by atoms with Crippen molar-refractivity contribution in [3.63, 3.8) is 0 Å². The number of likely N-dealkylation sites (tertiary alicyclic amines) is 1. The average molecular weight is 278 g/mol. The molecule has 0 saturated carbocycles. The number of hydrogen-bond acceptors (Lipinski definition) is 3. The molecule has 1 aliphatic rings. The molecule has 1 aromatic rings. The first-order chi connectivity index (χ1) is 9.22. The van der Waals surface area contributed by atoms with Gasteiger partial charge in [-0.15, -0.1) is 11.8 Å². The summed E-state index contributed by atoms with van der Waals surface area (Å²) >= 11 is 1.88. The summed E-state index contributed by atoms with van der Waals surface area (Å²) < 4.78 is 0. The maximum absolute atomic E-state index is 4.59. The normalized spacial score (nSPS) is 20.9. The van der Waals surface area contributed by atoms with E-state index in [-0.39, 0.29) is 0 Å². The van der Waals surface area contributed by atoms with E-state index < -0.39 is 0 Å². The third-order valence-corrected chi connectivity index (χ3v) is 4.56. The van der Waals surface area contributed by atoms with E-state index in [1.54, 1.807) is 0 Å². The third kappa shape index (κ3) is 3.96. The van der Waals surface area contributed by atoms with Crippen molar-refractivity contribution >= 4 is 11.8 Å². The van der Waals surface area contributed by atoms with Crippen molar-refractivity contribution in [1.82, 2.24) is 9.88 Å². The second-order valence-electron chi connectivity index (χ2n) is 5.73. The van der Waals surface area contributed by atoms with Gasteiger partial charge in [0.25, 0.3) is 0 Å². The highest BCUT2D eigenvalue weighted by Gasteiger charge is 2.26. The monoisotopic (exact) mass is 278 g/mol. The highest BCUT2D eigenvalue weighted by atomic mass is 32.2. The van der Waals surface area contributed by atoms with Gasteiger partial charge in [0.05, 0.1) is 0 Å². The van der Waals surface area contributed by atoms with Gasteiger partial charge in [-0.05, 0) is 37.1 Å². The van der Waals surface area contributed by atoms with E-state index in [0.29, 0.717) is 6.04 Å². The van der Waals surface area contributed by atoms with Crippen LogP contribution in [0.15, 0.2) is 23.4 Å². The number of nitrogens with zero attached hydrogens (tertiary/aromatic N) is 2. The summed E-state index contributed by atoms with van der Waals surface area (Å²) in [5.74, 6) is 1.83. The van der Waals surface area contributed by atoms with E-state index in [9.17, 15) is 0 Å². The molecular weight excluding hydrogens is 252 g/mol. The van der Waals surface area contributed by atoms with Crippen LogP contribution in [0.25, 0.3) is 0 Å². The van der Waals surface area contributed by atoms with Crippen LogP contribution in [0.5, 0.6) is 0 Å². The summed E-state index contributed by atoms with van der Waals surface area (Å²) in [6.07, 6.45) is 5.91. The summed E-state index contributed by atoms with van der Waals surface area (Å²) in [6.45, 7) is 9.28.